The van der Waals surface area contributed by atoms with Gasteiger partial charge in [-0.3, -0.25) is 4.68 Å². The van der Waals surface area contributed by atoms with E-state index >= 15 is 0 Å². The summed E-state index contributed by atoms with van der Waals surface area (Å²) in [5.74, 6) is -0.392. The van der Waals surface area contributed by atoms with Crippen LogP contribution >= 0.6 is 0 Å². The Bertz CT molecular complexity index is 1250. The predicted molar refractivity (Wildman–Crippen MR) is 112 cm³/mol. The Balaban J connectivity index is 1.69. The second-order valence-electron chi connectivity index (χ2n) is 7.06. The highest BCUT2D eigenvalue weighted by atomic mass is 19.4. The number of halogens is 3. The van der Waals surface area contributed by atoms with Crippen LogP contribution in [0.1, 0.15) is 28.4 Å². The summed E-state index contributed by atoms with van der Waals surface area (Å²) >= 11 is 0. The molecule has 0 amide bonds. The number of carbonyl (C=O) groups excluding carboxylic acids is 1. The van der Waals surface area contributed by atoms with Gasteiger partial charge in [-0.1, -0.05) is 36.4 Å². The molecule has 4 rings (SSSR count). The molecule has 0 aliphatic heterocycles. The zero-order valence-corrected chi connectivity index (χ0v) is 16.7. The molecule has 0 radical (unpaired) electrons. The van der Waals surface area contributed by atoms with Gasteiger partial charge in [0, 0.05) is 11.6 Å². The number of nitrogens with zero attached hydrogens (tertiary/aromatic N) is 2. The minimum atomic E-state index is -4.39. The third-order valence-corrected chi connectivity index (χ3v) is 4.88. The molecule has 4 aromatic rings. The number of ether oxygens (including phenoxy) is 1. The van der Waals surface area contributed by atoms with E-state index in [-0.39, 0.29) is 6.54 Å². The molecule has 0 fully saturated rings. The Morgan fingerprint density at radius 3 is 2.58 bits per heavy atom. The van der Waals surface area contributed by atoms with Gasteiger partial charge in [-0.2, -0.15) is 18.3 Å². The molecule has 7 heteroatoms. The zero-order chi connectivity index (χ0) is 22.0. The third-order valence-electron chi connectivity index (χ3n) is 4.88. The Morgan fingerprint density at radius 1 is 1.03 bits per heavy atom. The van der Waals surface area contributed by atoms with Crippen molar-refractivity contribution < 1.29 is 22.7 Å². The van der Waals surface area contributed by atoms with Crippen molar-refractivity contribution in [1.29, 1.82) is 0 Å². The summed E-state index contributed by atoms with van der Waals surface area (Å²) in [4.78, 5) is 12.1. The van der Waals surface area contributed by atoms with E-state index in [9.17, 15) is 18.0 Å². The van der Waals surface area contributed by atoms with Crippen LogP contribution in [0.5, 0.6) is 0 Å². The van der Waals surface area contributed by atoms with Crippen molar-refractivity contribution in [3.05, 3.63) is 89.6 Å². The molecule has 0 aliphatic carbocycles. The fourth-order valence-electron chi connectivity index (χ4n) is 3.49. The van der Waals surface area contributed by atoms with E-state index in [1.807, 2.05) is 30.5 Å². The minimum absolute atomic E-state index is 0.209. The average molecular weight is 424 g/mol. The fraction of sp³-hybridized carbons (Fsp3) is 0.167. The monoisotopic (exact) mass is 424 g/mol. The largest absolute Gasteiger partial charge is 0.462 e. The van der Waals surface area contributed by atoms with Crippen molar-refractivity contribution in [2.75, 3.05) is 6.61 Å². The second-order valence-corrected chi connectivity index (χ2v) is 7.06. The van der Waals surface area contributed by atoms with Crippen LogP contribution in [0.25, 0.3) is 22.0 Å². The van der Waals surface area contributed by atoms with Crippen LogP contribution in [0.3, 0.4) is 0 Å². The van der Waals surface area contributed by atoms with E-state index < -0.39 is 17.7 Å². The fourth-order valence-corrected chi connectivity index (χ4v) is 3.49. The van der Waals surface area contributed by atoms with Crippen molar-refractivity contribution >= 4 is 16.9 Å². The quantitative estimate of drug-likeness (QED) is 0.372. The molecule has 0 spiro atoms. The van der Waals surface area contributed by atoms with Crippen molar-refractivity contribution in [1.82, 2.24) is 9.78 Å². The Morgan fingerprint density at radius 2 is 1.81 bits per heavy atom. The summed E-state index contributed by atoms with van der Waals surface area (Å²) in [6.45, 7) is 2.25. The minimum Gasteiger partial charge on any atom is -0.462 e. The lowest BCUT2D eigenvalue weighted by atomic mass is 10.00. The van der Waals surface area contributed by atoms with Gasteiger partial charge in [0.15, 0.2) is 0 Å². The lowest BCUT2D eigenvalue weighted by Crippen LogP contribution is -2.07. The van der Waals surface area contributed by atoms with Crippen molar-refractivity contribution in [3.63, 3.8) is 0 Å². The van der Waals surface area contributed by atoms with Gasteiger partial charge < -0.3 is 4.74 Å². The van der Waals surface area contributed by atoms with Crippen molar-refractivity contribution in [2.45, 2.75) is 19.6 Å². The maximum absolute atomic E-state index is 13.0. The molecule has 0 atom stereocenters. The molecular weight excluding hydrogens is 405 g/mol. The number of hydrogen-bond donors (Lipinski definition) is 0. The first-order chi connectivity index (χ1) is 14.8. The Kier molecular flexibility index (Phi) is 5.50. The number of carbonyl (C=O) groups is 1. The highest BCUT2D eigenvalue weighted by Gasteiger charge is 2.30. The first kappa shape index (κ1) is 20.7. The summed E-state index contributed by atoms with van der Waals surface area (Å²) in [6, 6.07) is 18.0. The SMILES string of the molecule is CCOC(=O)c1cccc(-c2cccc3nn(Cc4cccc(C(F)(F)F)c4)cc23)c1. The van der Waals surface area contributed by atoms with Crippen LogP contribution in [0, 0.1) is 0 Å². The predicted octanol–water partition coefficient (Wildman–Crippen LogP) is 5.95. The van der Waals surface area contributed by atoms with Gasteiger partial charge in [0.25, 0.3) is 0 Å². The number of hydrogen-bond acceptors (Lipinski definition) is 3. The van der Waals surface area contributed by atoms with Crippen LogP contribution in [0.4, 0.5) is 13.2 Å². The number of alkyl halides is 3. The molecule has 0 aliphatic rings. The van der Waals surface area contributed by atoms with Crippen LogP contribution in [0.2, 0.25) is 0 Å². The number of rotatable bonds is 5. The number of esters is 1. The van der Waals surface area contributed by atoms with Gasteiger partial charge in [-0.15, -0.1) is 0 Å². The standard InChI is InChI=1S/C24H19F3N2O2/c1-2-31-23(30)18-8-4-7-17(13-18)20-10-5-11-22-21(20)15-29(28-22)14-16-6-3-9-19(12-16)24(25,26)27/h3-13,15H,2,14H2,1H3. The number of fused-ring (bicyclic) bond motifs is 1. The molecule has 1 heterocycles. The topological polar surface area (TPSA) is 44.1 Å². The van der Waals surface area contributed by atoms with Crippen LogP contribution in [0.15, 0.2) is 72.9 Å². The van der Waals surface area contributed by atoms with Crippen LogP contribution in [-0.2, 0) is 17.5 Å². The first-order valence-electron chi connectivity index (χ1n) is 9.75. The van der Waals surface area contributed by atoms with E-state index in [1.54, 1.807) is 35.9 Å². The molecule has 31 heavy (non-hydrogen) atoms. The van der Waals surface area contributed by atoms with Crippen molar-refractivity contribution in [2.24, 2.45) is 0 Å². The normalized spacial score (nSPS) is 11.6. The van der Waals surface area contributed by atoms with Gasteiger partial charge in [-0.05, 0) is 53.9 Å². The summed E-state index contributed by atoms with van der Waals surface area (Å²) in [5.41, 5.74) is 2.69. The summed E-state index contributed by atoms with van der Waals surface area (Å²) in [6.07, 6.45) is -2.58. The van der Waals surface area contributed by atoms with E-state index in [0.717, 1.165) is 28.6 Å². The van der Waals surface area contributed by atoms with Crippen LogP contribution < -0.4 is 0 Å². The Hall–Kier alpha value is -3.61. The molecule has 0 unspecified atom stereocenters. The Labute approximate surface area is 176 Å². The van der Waals surface area contributed by atoms with Gasteiger partial charge >= 0.3 is 12.1 Å². The third kappa shape index (κ3) is 4.45. The van der Waals surface area contributed by atoms with E-state index in [2.05, 4.69) is 5.10 Å². The second kappa shape index (κ2) is 8.26. The number of aromatic nitrogens is 2. The molecule has 4 nitrogen and oxygen atoms in total. The molecule has 1 aromatic heterocycles. The van der Waals surface area contributed by atoms with E-state index in [0.29, 0.717) is 23.3 Å². The van der Waals surface area contributed by atoms with Crippen LogP contribution in [-0.4, -0.2) is 22.4 Å². The molecule has 0 saturated carbocycles. The van der Waals surface area contributed by atoms with Gasteiger partial charge in [0.2, 0.25) is 0 Å². The lowest BCUT2D eigenvalue weighted by molar-refractivity contribution is -0.137. The molecule has 0 N–H and O–H groups in total. The molecule has 0 saturated heterocycles. The van der Waals surface area contributed by atoms with Gasteiger partial charge in [0.1, 0.15) is 0 Å². The van der Waals surface area contributed by atoms with Gasteiger partial charge in [0.05, 0.1) is 29.8 Å². The maximum Gasteiger partial charge on any atom is 0.416 e. The number of benzene rings is 3. The lowest BCUT2D eigenvalue weighted by Gasteiger charge is -2.08. The molecular formula is C24H19F3N2O2. The maximum atomic E-state index is 13.0. The summed E-state index contributed by atoms with van der Waals surface area (Å²) < 4.78 is 45.7. The van der Waals surface area contributed by atoms with Crippen molar-refractivity contribution in [3.8, 4) is 11.1 Å². The van der Waals surface area contributed by atoms with E-state index in [1.165, 1.54) is 6.07 Å². The molecule has 158 valence electrons. The summed E-state index contributed by atoms with van der Waals surface area (Å²) in [5, 5.41) is 5.36. The van der Waals surface area contributed by atoms with Gasteiger partial charge in [-0.25, -0.2) is 4.79 Å². The first-order valence-corrected chi connectivity index (χ1v) is 9.75. The smallest absolute Gasteiger partial charge is 0.416 e. The highest BCUT2D eigenvalue weighted by Crippen LogP contribution is 2.31. The average Bonchev–Trinajstić information content (AvgIpc) is 3.16. The zero-order valence-electron chi connectivity index (χ0n) is 16.7. The van der Waals surface area contributed by atoms with E-state index in [4.69, 9.17) is 4.74 Å². The molecule has 3 aromatic carbocycles. The molecule has 0 bridgehead atoms. The summed E-state index contributed by atoms with van der Waals surface area (Å²) in [7, 11) is 0. The highest BCUT2D eigenvalue weighted by molar-refractivity contribution is 5.97.